The van der Waals surface area contributed by atoms with Crippen LogP contribution in [0, 0.1) is 0 Å². The summed E-state index contributed by atoms with van der Waals surface area (Å²) in [7, 11) is 0. The van der Waals surface area contributed by atoms with Crippen molar-refractivity contribution >= 4 is 5.69 Å². The molecule has 2 rings (SSSR count). The lowest BCUT2D eigenvalue weighted by Gasteiger charge is -2.07. The summed E-state index contributed by atoms with van der Waals surface area (Å²) in [4.78, 5) is 19.6. The summed E-state index contributed by atoms with van der Waals surface area (Å²) in [5.41, 5.74) is 1.76. The SMILES string of the molecule is CCCNc1ccnc(Cn2ccncc2=O)c1. The van der Waals surface area contributed by atoms with E-state index in [9.17, 15) is 4.79 Å². The highest BCUT2D eigenvalue weighted by atomic mass is 16.1. The topological polar surface area (TPSA) is 59.8 Å². The molecule has 0 aliphatic heterocycles. The van der Waals surface area contributed by atoms with E-state index in [0.29, 0.717) is 6.54 Å². The first-order valence-electron chi connectivity index (χ1n) is 5.99. The summed E-state index contributed by atoms with van der Waals surface area (Å²) in [5, 5.41) is 3.30. The van der Waals surface area contributed by atoms with Crippen LogP contribution in [0.25, 0.3) is 0 Å². The number of nitrogens with one attached hydrogen (secondary N) is 1. The van der Waals surface area contributed by atoms with Gasteiger partial charge in [-0.25, -0.2) is 0 Å². The standard InChI is InChI=1S/C13H16N4O/c1-2-4-15-11-3-5-16-12(8-11)10-17-7-6-14-9-13(17)18/h3,5-9H,2,4,10H2,1H3,(H,15,16). The van der Waals surface area contributed by atoms with E-state index >= 15 is 0 Å². The van der Waals surface area contributed by atoms with Crippen molar-refractivity contribution in [3.05, 3.63) is 53.0 Å². The fraction of sp³-hybridized carbons (Fsp3) is 0.308. The van der Waals surface area contributed by atoms with E-state index in [0.717, 1.165) is 24.3 Å². The first-order chi connectivity index (χ1) is 8.79. The summed E-state index contributed by atoms with van der Waals surface area (Å²) in [6.45, 7) is 3.51. The normalized spacial score (nSPS) is 10.3. The van der Waals surface area contributed by atoms with Crippen molar-refractivity contribution in [2.75, 3.05) is 11.9 Å². The lowest BCUT2D eigenvalue weighted by molar-refractivity contribution is 0.730. The Kier molecular flexibility index (Phi) is 4.06. The molecule has 0 unspecified atom stereocenters. The molecule has 0 atom stereocenters. The van der Waals surface area contributed by atoms with Crippen molar-refractivity contribution in [3.63, 3.8) is 0 Å². The molecule has 18 heavy (non-hydrogen) atoms. The zero-order valence-corrected chi connectivity index (χ0v) is 10.3. The third-order valence-corrected chi connectivity index (χ3v) is 2.53. The highest BCUT2D eigenvalue weighted by Crippen LogP contribution is 2.08. The highest BCUT2D eigenvalue weighted by molar-refractivity contribution is 5.43. The summed E-state index contributed by atoms with van der Waals surface area (Å²) in [6.07, 6.45) is 7.39. The second-order valence-electron chi connectivity index (χ2n) is 4.01. The Bertz CT molecular complexity index is 565. The van der Waals surface area contributed by atoms with Gasteiger partial charge in [0.15, 0.2) is 0 Å². The van der Waals surface area contributed by atoms with Crippen LogP contribution >= 0.6 is 0 Å². The minimum absolute atomic E-state index is 0.119. The van der Waals surface area contributed by atoms with Crippen LogP contribution in [0.2, 0.25) is 0 Å². The van der Waals surface area contributed by atoms with Gasteiger partial charge in [-0.1, -0.05) is 6.92 Å². The Labute approximate surface area is 106 Å². The molecule has 0 saturated carbocycles. The van der Waals surface area contributed by atoms with E-state index in [2.05, 4.69) is 22.2 Å². The molecular formula is C13H16N4O. The van der Waals surface area contributed by atoms with Crippen molar-refractivity contribution in [1.82, 2.24) is 14.5 Å². The van der Waals surface area contributed by atoms with Gasteiger partial charge >= 0.3 is 0 Å². The van der Waals surface area contributed by atoms with Gasteiger partial charge in [0.2, 0.25) is 0 Å². The molecule has 2 aromatic heterocycles. The van der Waals surface area contributed by atoms with Gasteiger partial charge in [0.1, 0.15) is 0 Å². The molecule has 0 aliphatic rings. The maximum Gasteiger partial charge on any atom is 0.269 e. The predicted octanol–water partition coefficient (Wildman–Crippen LogP) is 1.51. The first-order valence-corrected chi connectivity index (χ1v) is 5.99. The minimum Gasteiger partial charge on any atom is -0.385 e. The maximum atomic E-state index is 11.5. The lowest BCUT2D eigenvalue weighted by Crippen LogP contribution is -2.19. The molecule has 2 aromatic rings. The Morgan fingerprint density at radius 2 is 2.28 bits per heavy atom. The molecule has 0 aromatic carbocycles. The monoisotopic (exact) mass is 244 g/mol. The quantitative estimate of drug-likeness (QED) is 0.866. The minimum atomic E-state index is -0.119. The third kappa shape index (κ3) is 3.16. The highest BCUT2D eigenvalue weighted by Gasteiger charge is 2.00. The smallest absolute Gasteiger partial charge is 0.269 e. The van der Waals surface area contributed by atoms with Crippen molar-refractivity contribution in [3.8, 4) is 0 Å². The number of nitrogens with zero attached hydrogens (tertiary/aromatic N) is 3. The van der Waals surface area contributed by atoms with Crippen LogP contribution in [0.1, 0.15) is 19.0 Å². The molecule has 0 amide bonds. The molecule has 0 radical (unpaired) electrons. The molecule has 0 saturated heterocycles. The molecule has 0 fully saturated rings. The molecule has 5 nitrogen and oxygen atoms in total. The van der Waals surface area contributed by atoms with Crippen molar-refractivity contribution in [1.29, 1.82) is 0 Å². The van der Waals surface area contributed by atoms with Crippen LogP contribution in [0.5, 0.6) is 0 Å². The summed E-state index contributed by atoms with van der Waals surface area (Å²) >= 11 is 0. The molecule has 5 heteroatoms. The average molecular weight is 244 g/mol. The van der Waals surface area contributed by atoms with Crippen molar-refractivity contribution in [2.24, 2.45) is 0 Å². The summed E-state index contributed by atoms with van der Waals surface area (Å²) < 4.78 is 1.58. The molecule has 1 N–H and O–H groups in total. The largest absolute Gasteiger partial charge is 0.385 e. The molecule has 0 aliphatic carbocycles. The van der Waals surface area contributed by atoms with Gasteiger partial charge in [-0.15, -0.1) is 0 Å². The van der Waals surface area contributed by atoms with Gasteiger partial charge in [0.25, 0.3) is 5.56 Å². The molecule has 0 spiro atoms. The van der Waals surface area contributed by atoms with Crippen LogP contribution in [0.15, 0.2) is 41.7 Å². The van der Waals surface area contributed by atoms with E-state index in [1.807, 2.05) is 12.1 Å². The predicted molar refractivity (Wildman–Crippen MR) is 70.6 cm³/mol. The Balaban J connectivity index is 2.14. The van der Waals surface area contributed by atoms with E-state index in [-0.39, 0.29) is 5.56 Å². The molecular weight excluding hydrogens is 228 g/mol. The van der Waals surface area contributed by atoms with Crippen LogP contribution in [0.4, 0.5) is 5.69 Å². The summed E-state index contributed by atoms with van der Waals surface area (Å²) in [6, 6.07) is 3.89. The molecule has 94 valence electrons. The summed E-state index contributed by atoms with van der Waals surface area (Å²) in [5.74, 6) is 0. The number of rotatable bonds is 5. The first kappa shape index (κ1) is 12.3. The fourth-order valence-electron chi connectivity index (χ4n) is 1.62. The van der Waals surface area contributed by atoms with Crippen LogP contribution < -0.4 is 10.9 Å². The van der Waals surface area contributed by atoms with Crippen LogP contribution in [0.3, 0.4) is 0 Å². The average Bonchev–Trinajstić information content (AvgIpc) is 2.40. The Hall–Kier alpha value is -2.17. The van der Waals surface area contributed by atoms with Gasteiger partial charge in [-0.2, -0.15) is 0 Å². The number of anilines is 1. The Morgan fingerprint density at radius 3 is 3.06 bits per heavy atom. The maximum absolute atomic E-state index is 11.5. The number of aromatic nitrogens is 3. The van der Waals surface area contributed by atoms with E-state index in [4.69, 9.17) is 0 Å². The van der Waals surface area contributed by atoms with Gasteiger partial charge in [0.05, 0.1) is 18.4 Å². The third-order valence-electron chi connectivity index (χ3n) is 2.53. The van der Waals surface area contributed by atoms with Gasteiger partial charge in [-0.3, -0.25) is 14.8 Å². The van der Waals surface area contributed by atoms with E-state index in [1.54, 1.807) is 23.2 Å². The Morgan fingerprint density at radius 1 is 1.39 bits per heavy atom. The lowest BCUT2D eigenvalue weighted by atomic mass is 10.3. The van der Waals surface area contributed by atoms with Gasteiger partial charge < -0.3 is 9.88 Å². The molecule has 0 bridgehead atoms. The van der Waals surface area contributed by atoms with E-state index < -0.39 is 0 Å². The van der Waals surface area contributed by atoms with Crippen LogP contribution in [-0.4, -0.2) is 21.1 Å². The zero-order chi connectivity index (χ0) is 12.8. The van der Waals surface area contributed by atoms with Gasteiger partial charge in [-0.05, 0) is 18.6 Å². The number of hydrogen-bond donors (Lipinski definition) is 1. The van der Waals surface area contributed by atoms with Crippen molar-refractivity contribution in [2.45, 2.75) is 19.9 Å². The number of hydrogen-bond acceptors (Lipinski definition) is 4. The number of pyridine rings is 1. The fourth-order valence-corrected chi connectivity index (χ4v) is 1.62. The van der Waals surface area contributed by atoms with Crippen LogP contribution in [-0.2, 0) is 6.54 Å². The van der Waals surface area contributed by atoms with Gasteiger partial charge in [0, 0.05) is 30.8 Å². The second-order valence-corrected chi connectivity index (χ2v) is 4.01. The molecule has 2 heterocycles. The second kappa shape index (κ2) is 5.95. The zero-order valence-electron chi connectivity index (χ0n) is 10.3. The van der Waals surface area contributed by atoms with E-state index in [1.165, 1.54) is 6.20 Å². The van der Waals surface area contributed by atoms with Crippen molar-refractivity contribution < 1.29 is 0 Å².